The molecule has 26 heavy (non-hydrogen) atoms. The van der Waals surface area contributed by atoms with E-state index in [4.69, 9.17) is 0 Å². The molecule has 2 atom stereocenters. The number of nitrogens with zero attached hydrogens (tertiary/aromatic N) is 4. The summed E-state index contributed by atoms with van der Waals surface area (Å²) < 4.78 is 0.825. The maximum absolute atomic E-state index is 13.0. The minimum absolute atomic E-state index is 0.0429. The predicted octanol–water partition coefficient (Wildman–Crippen LogP) is 2.53. The quantitative estimate of drug-likeness (QED) is 0.762. The van der Waals surface area contributed by atoms with Crippen molar-refractivity contribution < 1.29 is 4.79 Å². The number of carbonyl (C=O) groups excluding carboxylic acids is 1. The molecule has 0 radical (unpaired) electrons. The number of anilines is 1. The zero-order chi connectivity index (χ0) is 18.7. The minimum atomic E-state index is -0.134. The van der Waals surface area contributed by atoms with Gasteiger partial charge in [0.15, 0.2) is 5.69 Å². The average Bonchev–Trinajstić information content (AvgIpc) is 3.29. The summed E-state index contributed by atoms with van der Waals surface area (Å²) in [7, 11) is 1.93. The van der Waals surface area contributed by atoms with E-state index in [1.165, 1.54) is 11.3 Å². The van der Waals surface area contributed by atoms with Gasteiger partial charge in [-0.15, -0.1) is 11.3 Å². The second kappa shape index (κ2) is 7.92. The fraction of sp³-hybridized carbons (Fsp3) is 0.444. The molecule has 0 spiro atoms. The van der Waals surface area contributed by atoms with Gasteiger partial charge in [-0.2, -0.15) is 0 Å². The molecule has 1 fully saturated rings. The molecular weight excluding hydrogens is 348 g/mol. The number of hydrogen-bond acceptors (Lipinski definition) is 7. The number of hydrogen-bond donors (Lipinski definition) is 2. The molecule has 1 unspecified atom stereocenters. The molecule has 3 heterocycles. The number of likely N-dealkylation sites (N-methyl/N-ethyl adjacent to an activating group) is 1. The molecule has 3 rings (SSSR count). The third-order valence-electron chi connectivity index (χ3n) is 4.53. The molecule has 1 amide bonds. The van der Waals surface area contributed by atoms with Gasteiger partial charge in [0, 0.05) is 25.3 Å². The first-order valence-corrected chi connectivity index (χ1v) is 9.57. The Morgan fingerprint density at radius 3 is 3.04 bits per heavy atom. The standard InChI is InChI=1S/C18H24N6OS/c1-5-20-11(2)12(3)21-18-22-14-7-9-26-16(14)15(23-18)17(25)24-8-6-13(10-24)19-4/h5,7,9,12-13,19H,2,6,8,10H2,1,3-4H3,(H,21,22,23)/b20-5-/t12?,13-/m1/s1. The van der Waals surface area contributed by atoms with E-state index < -0.39 is 0 Å². The van der Waals surface area contributed by atoms with Gasteiger partial charge >= 0.3 is 0 Å². The molecule has 1 aliphatic heterocycles. The number of amides is 1. The summed E-state index contributed by atoms with van der Waals surface area (Å²) in [6.45, 7) is 9.16. The number of rotatable bonds is 6. The molecule has 2 N–H and O–H groups in total. The van der Waals surface area contributed by atoms with Crippen LogP contribution in [-0.2, 0) is 0 Å². The van der Waals surface area contributed by atoms with Gasteiger partial charge in [-0.25, -0.2) is 9.97 Å². The highest BCUT2D eigenvalue weighted by Crippen LogP contribution is 2.26. The van der Waals surface area contributed by atoms with Crippen LogP contribution in [0.25, 0.3) is 10.2 Å². The molecule has 1 aliphatic rings. The minimum Gasteiger partial charge on any atom is -0.346 e. The lowest BCUT2D eigenvalue weighted by atomic mass is 10.2. The predicted molar refractivity (Wildman–Crippen MR) is 107 cm³/mol. The summed E-state index contributed by atoms with van der Waals surface area (Å²) >= 11 is 1.49. The number of carbonyl (C=O) groups is 1. The van der Waals surface area contributed by atoms with Crippen LogP contribution in [0, 0.1) is 0 Å². The second-order valence-corrected chi connectivity index (χ2v) is 7.22. The Morgan fingerprint density at radius 2 is 2.35 bits per heavy atom. The largest absolute Gasteiger partial charge is 0.346 e. The van der Waals surface area contributed by atoms with Gasteiger partial charge in [-0.3, -0.25) is 9.79 Å². The van der Waals surface area contributed by atoms with Gasteiger partial charge in [-0.05, 0) is 38.8 Å². The van der Waals surface area contributed by atoms with Crippen molar-refractivity contribution in [3.63, 3.8) is 0 Å². The van der Waals surface area contributed by atoms with Gasteiger partial charge < -0.3 is 15.5 Å². The van der Waals surface area contributed by atoms with Gasteiger partial charge in [-0.1, -0.05) is 6.58 Å². The monoisotopic (exact) mass is 372 g/mol. The summed E-state index contributed by atoms with van der Waals surface area (Å²) in [5.74, 6) is 0.377. The van der Waals surface area contributed by atoms with Crippen LogP contribution in [0.3, 0.4) is 0 Å². The Bertz CT molecular complexity index is 845. The summed E-state index contributed by atoms with van der Waals surface area (Å²) in [6.07, 6.45) is 2.65. The molecule has 0 saturated carbocycles. The summed E-state index contributed by atoms with van der Waals surface area (Å²) in [5, 5.41) is 8.37. The third kappa shape index (κ3) is 3.76. The number of nitrogens with one attached hydrogen (secondary N) is 2. The van der Waals surface area contributed by atoms with Crippen molar-refractivity contribution in [2.75, 3.05) is 25.5 Å². The Kier molecular flexibility index (Phi) is 5.63. The van der Waals surface area contributed by atoms with Gasteiger partial charge in [0.25, 0.3) is 5.91 Å². The average molecular weight is 372 g/mol. The normalized spacial score (nSPS) is 18.6. The van der Waals surface area contributed by atoms with Crippen molar-refractivity contribution in [2.24, 2.45) is 4.99 Å². The Morgan fingerprint density at radius 1 is 1.54 bits per heavy atom. The van der Waals surface area contributed by atoms with Crippen molar-refractivity contribution in [1.82, 2.24) is 20.2 Å². The number of fused-ring (bicyclic) bond motifs is 1. The van der Waals surface area contributed by atoms with Crippen molar-refractivity contribution in [2.45, 2.75) is 32.4 Å². The third-order valence-corrected chi connectivity index (χ3v) is 5.44. The number of likely N-dealkylation sites (tertiary alicyclic amines) is 1. The van der Waals surface area contributed by atoms with Gasteiger partial charge in [0.1, 0.15) is 0 Å². The molecule has 0 bridgehead atoms. The van der Waals surface area contributed by atoms with Crippen molar-refractivity contribution in [3.05, 3.63) is 29.4 Å². The van der Waals surface area contributed by atoms with Crippen LogP contribution in [0.5, 0.6) is 0 Å². The van der Waals surface area contributed by atoms with Crippen LogP contribution in [0.15, 0.2) is 28.7 Å². The van der Waals surface area contributed by atoms with Gasteiger partial charge in [0.05, 0.1) is 22.0 Å². The molecule has 138 valence electrons. The first kappa shape index (κ1) is 18.5. The lowest BCUT2D eigenvalue weighted by Crippen LogP contribution is -2.34. The summed E-state index contributed by atoms with van der Waals surface area (Å²) in [4.78, 5) is 28.2. The maximum atomic E-state index is 13.0. The van der Waals surface area contributed by atoms with Crippen LogP contribution in [-0.4, -0.2) is 59.2 Å². The second-order valence-electron chi connectivity index (χ2n) is 6.30. The zero-order valence-corrected chi connectivity index (χ0v) is 16.1. The fourth-order valence-corrected chi connectivity index (χ4v) is 3.77. The lowest BCUT2D eigenvalue weighted by molar-refractivity contribution is 0.0786. The van der Waals surface area contributed by atoms with Crippen LogP contribution >= 0.6 is 11.3 Å². The van der Waals surface area contributed by atoms with E-state index in [0.717, 1.165) is 23.2 Å². The highest BCUT2D eigenvalue weighted by Gasteiger charge is 2.28. The molecule has 2 aromatic heterocycles. The zero-order valence-electron chi connectivity index (χ0n) is 15.3. The van der Waals surface area contributed by atoms with Crippen LogP contribution in [0.2, 0.25) is 0 Å². The molecule has 1 saturated heterocycles. The molecular formula is C18H24N6OS. The number of aromatic nitrogens is 2. The van der Waals surface area contributed by atoms with Crippen molar-refractivity contribution >= 4 is 39.6 Å². The molecule has 0 aromatic carbocycles. The summed E-state index contributed by atoms with van der Waals surface area (Å²) in [5.41, 5.74) is 1.92. The van der Waals surface area contributed by atoms with E-state index in [1.54, 1.807) is 6.21 Å². The van der Waals surface area contributed by atoms with Gasteiger partial charge in [0.2, 0.25) is 5.95 Å². The molecule has 0 aliphatic carbocycles. The van der Waals surface area contributed by atoms with E-state index in [2.05, 4.69) is 32.2 Å². The Hall–Kier alpha value is -2.32. The van der Waals surface area contributed by atoms with Crippen LogP contribution in [0.4, 0.5) is 5.95 Å². The van der Waals surface area contributed by atoms with E-state index in [0.29, 0.717) is 29.9 Å². The Labute approximate surface area is 157 Å². The molecule has 7 nitrogen and oxygen atoms in total. The highest BCUT2D eigenvalue weighted by molar-refractivity contribution is 7.17. The maximum Gasteiger partial charge on any atom is 0.274 e. The van der Waals surface area contributed by atoms with E-state index >= 15 is 0 Å². The number of thiophene rings is 1. The smallest absolute Gasteiger partial charge is 0.274 e. The first-order chi connectivity index (χ1) is 12.5. The topological polar surface area (TPSA) is 82.5 Å². The van der Waals surface area contributed by atoms with Crippen molar-refractivity contribution in [3.8, 4) is 0 Å². The van der Waals surface area contributed by atoms with E-state index in [1.807, 2.05) is 37.2 Å². The van der Waals surface area contributed by atoms with Crippen molar-refractivity contribution in [1.29, 1.82) is 0 Å². The highest BCUT2D eigenvalue weighted by atomic mass is 32.1. The van der Waals surface area contributed by atoms with Crippen LogP contribution < -0.4 is 10.6 Å². The summed E-state index contributed by atoms with van der Waals surface area (Å²) in [6, 6.07) is 2.12. The SMILES string of the molecule is C=C(/N=C\C)C(C)Nc1nc(C(=O)N2CC[C@@H](NC)C2)c2sccc2n1. The van der Waals surface area contributed by atoms with E-state index in [9.17, 15) is 4.79 Å². The van der Waals surface area contributed by atoms with E-state index in [-0.39, 0.29) is 11.9 Å². The van der Waals surface area contributed by atoms with Crippen LogP contribution in [0.1, 0.15) is 30.8 Å². The molecule has 8 heteroatoms. The molecule has 2 aromatic rings. The number of aliphatic imine (C=N–C) groups is 1. The first-order valence-electron chi connectivity index (χ1n) is 8.69. The fourth-order valence-electron chi connectivity index (χ4n) is 2.96. The Balaban J connectivity index is 1.89. The lowest BCUT2D eigenvalue weighted by Gasteiger charge is -2.18.